The number of hydrogen-bond acceptors (Lipinski definition) is 2. The van der Waals surface area contributed by atoms with Crippen LogP contribution in [-0.4, -0.2) is 12.4 Å². The summed E-state index contributed by atoms with van der Waals surface area (Å²) in [6.45, 7) is 0.691. The number of carbonyl (C=O) groups excluding carboxylic acids is 1. The Balaban J connectivity index is 2.38. The average Bonchev–Trinajstić information content (AvgIpc) is 2.04. The summed E-state index contributed by atoms with van der Waals surface area (Å²) >= 11 is 0. The molecule has 0 aromatic rings. The van der Waals surface area contributed by atoms with Crippen LogP contribution in [0.4, 0.5) is 0 Å². The van der Waals surface area contributed by atoms with Crippen LogP contribution in [0.1, 0.15) is 6.42 Å². The van der Waals surface area contributed by atoms with Crippen molar-refractivity contribution in [2.24, 2.45) is 0 Å². The van der Waals surface area contributed by atoms with E-state index in [0.29, 0.717) is 6.61 Å². The van der Waals surface area contributed by atoms with E-state index >= 15 is 0 Å². The van der Waals surface area contributed by atoms with Crippen LogP contribution in [0.25, 0.3) is 0 Å². The van der Waals surface area contributed by atoms with Gasteiger partial charge in [0.15, 0.2) is 5.78 Å². The molecule has 1 heterocycles. The van der Waals surface area contributed by atoms with Crippen LogP contribution in [0.15, 0.2) is 35.6 Å². The molecule has 1 aliphatic heterocycles. The molecule has 0 spiro atoms. The molecular formula is C9H8O2. The molecule has 2 rings (SSSR count). The van der Waals surface area contributed by atoms with Gasteiger partial charge in [0.25, 0.3) is 0 Å². The van der Waals surface area contributed by atoms with Gasteiger partial charge < -0.3 is 4.74 Å². The second-order valence-electron chi connectivity index (χ2n) is 2.54. The summed E-state index contributed by atoms with van der Waals surface area (Å²) in [4.78, 5) is 10.8. The molecule has 2 heteroatoms. The van der Waals surface area contributed by atoms with E-state index < -0.39 is 0 Å². The van der Waals surface area contributed by atoms with Crippen LogP contribution in [0.5, 0.6) is 0 Å². The van der Waals surface area contributed by atoms with Gasteiger partial charge in [-0.2, -0.15) is 0 Å². The first kappa shape index (κ1) is 6.40. The summed E-state index contributed by atoms with van der Waals surface area (Å²) < 4.78 is 5.27. The van der Waals surface area contributed by atoms with Gasteiger partial charge in [-0.25, -0.2) is 0 Å². The van der Waals surface area contributed by atoms with E-state index in [0.717, 1.165) is 17.8 Å². The number of fused-ring (bicyclic) bond motifs is 1. The van der Waals surface area contributed by atoms with Crippen LogP contribution >= 0.6 is 0 Å². The molecule has 0 saturated carbocycles. The third-order valence-electron chi connectivity index (χ3n) is 1.72. The Bertz CT molecular complexity index is 282. The van der Waals surface area contributed by atoms with Gasteiger partial charge in [0.05, 0.1) is 6.61 Å². The second-order valence-corrected chi connectivity index (χ2v) is 2.54. The van der Waals surface area contributed by atoms with Crippen molar-refractivity contribution in [2.75, 3.05) is 6.61 Å². The highest BCUT2D eigenvalue weighted by atomic mass is 16.5. The SMILES string of the molecule is O=C1C=CC2=CCCOC2=C1. The van der Waals surface area contributed by atoms with Gasteiger partial charge >= 0.3 is 0 Å². The van der Waals surface area contributed by atoms with Crippen molar-refractivity contribution in [3.63, 3.8) is 0 Å². The standard InChI is InChI=1S/C9H8O2/c10-8-4-3-7-2-1-5-11-9(7)6-8/h2-4,6H,1,5H2. The molecule has 2 nitrogen and oxygen atoms in total. The summed E-state index contributed by atoms with van der Waals surface area (Å²) in [5.41, 5.74) is 1.04. The van der Waals surface area contributed by atoms with E-state index in [9.17, 15) is 4.79 Å². The molecule has 0 N–H and O–H groups in total. The third kappa shape index (κ3) is 1.11. The van der Waals surface area contributed by atoms with E-state index in [1.807, 2.05) is 0 Å². The lowest BCUT2D eigenvalue weighted by Gasteiger charge is -2.17. The fourth-order valence-electron chi connectivity index (χ4n) is 1.19. The highest BCUT2D eigenvalue weighted by molar-refractivity contribution is 6.02. The molecule has 0 bridgehead atoms. The summed E-state index contributed by atoms with van der Waals surface area (Å²) in [5.74, 6) is 0.739. The zero-order valence-electron chi connectivity index (χ0n) is 6.04. The fraction of sp³-hybridized carbons (Fsp3) is 0.222. The Morgan fingerprint density at radius 1 is 1.36 bits per heavy atom. The molecule has 0 aromatic heterocycles. The lowest BCUT2D eigenvalue weighted by Crippen LogP contribution is -2.08. The summed E-state index contributed by atoms with van der Waals surface area (Å²) in [6, 6.07) is 0. The first-order valence-electron chi connectivity index (χ1n) is 3.63. The van der Waals surface area contributed by atoms with Crippen molar-refractivity contribution in [3.05, 3.63) is 35.6 Å². The molecule has 0 aromatic carbocycles. The monoisotopic (exact) mass is 148 g/mol. The Morgan fingerprint density at radius 2 is 2.27 bits per heavy atom. The number of ether oxygens (including phenoxy) is 1. The zero-order valence-corrected chi connectivity index (χ0v) is 6.04. The van der Waals surface area contributed by atoms with Crippen LogP contribution < -0.4 is 0 Å². The van der Waals surface area contributed by atoms with Crippen LogP contribution in [0, 0.1) is 0 Å². The molecule has 56 valence electrons. The maximum absolute atomic E-state index is 10.8. The van der Waals surface area contributed by atoms with Crippen molar-refractivity contribution in [3.8, 4) is 0 Å². The highest BCUT2D eigenvalue weighted by Crippen LogP contribution is 2.21. The van der Waals surface area contributed by atoms with Gasteiger partial charge in [0, 0.05) is 18.1 Å². The number of carbonyl (C=O) groups is 1. The Labute approximate surface area is 64.9 Å². The molecule has 0 unspecified atom stereocenters. The number of allylic oxidation sites excluding steroid dienone is 3. The van der Waals surface area contributed by atoms with Gasteiger partial charge in [-0.3, -0.25) is 4.79 Å². The number of ketones is 1. The summed E-state index contributed by atoms with van der Waals surface area (Å²) in [6.07, 6.45) is 7.91. The minimum absolute atomic E-state index is 0.0130. The minimum Gasteiger partial charge on any atom is -0.493 e. The van der Waals surface area contributed by atoms with Gasteiger partial charge in [-0.15, -0.1) is 0 Å². The Hall–Kier alpha value is -1.31. The van der Waals surface area contributed by atoms with Crippen molar-refractivity contribution in [1.29, 1.82) is 0 Å². The Morgan fingerprint density at radius 3 is 3.18 bits per heavy atom. The van der Waals surface area contributed by atoms with Crippen molar-refractivity contribution in [1.82, 2.24) is 0 Å². The molecule has 1 aliphatic carbocycles. The quantitative estimate of drug-likeness (QED) is 0.518. The molecule has 0 amide bonds. The third-order valence-corrected chi connectivity index (χ3v) is 1.72. The van der Waals surface area contributed by atoms with Crippen LogP contribution in [0.2, 0.25) is 0 Å². The van der Waals surface area contributed by atoms with Crippen molar-refractivity contribution >= 4 is 5.78 Å². The predicted octanol–water partition coefficient (Wildman–Crippen LogP) is 1.36. The number of hydrogen-bond donors (Lipinski definition) is 0. The summed E-state index contributed by atoms with van der Waals surface area (Å²) in [7, 11) is 0. The molecule has 2 aliphatic rings. The van der Waals surface area contributed by atoms with E-state index in [-0.39, 0.29) is 5.78 Å². The lowest BCUT2D eigenvalue weighted by molar-refractivity contribution is -0.110. The topological polar surface area (TPSA) is 26.3 Å². The van der Waals surface area contributed by atoms with E-state index in [2.05, 4.69) is 6.08 Å². The molecular weight excluding hydrogens is 140 g/mol. The number of rotatable bonds is 0. The van der Waals surface area contributed by atoms with E-state index in [1.165, 1.54) is 6.08 Å². The zero-order chi connectivity index (χ0) is 7.68. The molecule has 0 radical (unpaired) electrons. The van der Waals surface area contributed by atoms with Crippen LogP contribution in [0.3, 0.4) is 0 Å². The van der Waals surface area contributed by atoms with Crippen molar-refractivity contribution < 1.29 is 9.53 Å². The van der Waals surface area contributed by atoms with Crippen LogP contribution in [-0.2, 0) is 9.53 Å². The van der Waals surface area contributed by atoms with Gasteiger partial charge in [0.1, 0.15) is 5.76 Å². The summed E-state index contributed by atoms with van der Waals surface area (Å²) in [5, 5.41) is 0. The maximum Gasteiger partial charge on any atom is 0.182 e. The second kappa shape index (κ2) is 2.38. The molecule has 0 atom stereocenters. The first-order valence-corrected chi connectivity index (χ1v) is 3.63. The smallest absolute Gasteiger partial charge is 0.182 e. The first-order chi connectivity index (χ1) is 5.36. The van der Waals surface area contributed by atoms with E-state index in [4.69, 9.17) is 4.74 Å². The fourth-order valence-corrected chi connectivity index (χ4v) is 1.19. The average molecular weight is 148 g/mol. The molecule has 0 fully saturated rings. The van der Waals surface area contributed by atoms with E-state index in [1.54, 1.807) is 12.2 Å². The van der Waals surface area contributed by atoms with Gasteiger partial charge in [-0.05, 0) is 12.2 Å². The minimum atomic E-state index is 0.0130. The maximum atomic E-state index is 10.8. The highest BCUT2D eigenvalue weighted by Gasteiger charge is 2.13. The predicted molar refractivity (Wildman–Crippen MR) is 40.9 cm³/mol. The largest absolute Gasteiger partial charge is 0.493 e. The normalized spacial score (nSPS) is 21.6. The van der Waals surface area contributed by atoms with Gasteiger partial charge in [-0.1, -0.05) is 6.08 Å². The van der Waals surface area contributed by atoms with Gasteiger partial charge in [0.2, 0.25) is 0 Å². The lowest BCUT2D eigenvalue weighted by atomic mass is 10.0. The van der Waals surface area contributed by atoms with Crippen molar-refractivity contribution in [2.45, 2.75) is 6.42 Å². The molecule has 0 saturated heterocycles. The molecule has 11 heavy (non-hydrogen) atoms. The Kier molecular flexibility index (Phi) is 1.39.